The minimum atomic E-state index is -3.66. The zero-order valence-corrected chi connectivity index (χ0v) is 22.9. The Morgan fingerprint density at radius 2 is 1.78 bits per heavy atom. The molecule has 0 unspecified atom stereocenters. The summed E-state index contributed by atoms with van der Waals surface area (Å²) in [5, 5.41) is 1.19. The number of hydrogen-bond acceptors (Lipinski definition) is 6. The SMILES string of the molecule is CS(=O)(=O)N1CCc2c(cccc2S(=O)(=O)NCCC2CCN(CCc3coc4ccccc34)CC2)C1. The van der Waals surface area contributed by atoms with Crippen LogP contribution in [0.15, 0.2) is 58.0 Å². The number of benzene rings is 2. The Kier molecular flexibility index (Phi) is 7.74. The molecule has 0 aliphatic carbocycles. The molecule has 10 heteroatoms. The van der Waals surface area contributed by atoms with E-state index in [-0.39, 0.29) is 11.4 Å². The van der Waals surface area contributed by atoms with Gasteiger partial charge in [0.1, 0.15) is 5.58 Å². The molecular weight excluding hydrogens is 510 g/mol. The maximum absolute atomic E-state index is 13.1. The van der Waals surface area contributed by atoms with Crippen molar-refractivity contribution in [3.05, 3.63) is 65.4 Å². The average Bonchev–Trinajstić information content (AvgIpc) is 3.30. The number of likely N-dealkylation sites (tertiary alicyclic amines) is 1. The molecule has 37 heavy (non-hydrogen) atoms. The largest absolute Gasteiger partial charge is 0.464 e. The van der Waals surface area contributed by atoms with E-state index in [0.29, 0.717) is 25.4 Å². The molecule has 2 aromatic carbocycles. The first-order valence-electron chi connectivity index (χ1n) is 12.9. The Morgan fingerprint density at radius 1 is 1.00 bits per heavy atom. The molecule has 1 aromatic heterocycles. The second-order valence-electron chi connectivity index (χ2n) is 10.2. The van der Waals surface area contributed by atoms with Gasteiger partial charge in [-0.05, 0) is 79.9 Å². The van der Waals surface area contributed by atoms with Crippen molar-refractivity contribution in [3.63, 3.8) is 0 Å². The van der Waals surface area contributed by atoms with Crippen molar-refractivity contribution in [1.82, 2.24) is 13.9 Å². The molecule has 0 radical (unpaired) electrons. The van der Waals surface area contributed by atoms with Crippen molar-refractivity contribution in [3.8, 4) is 0 Å². The minimum absolute atomic E-state index is 0.215. The van der Waals surface area contributed by atoms with Crippen LogP contribution in [0.3, 0.4) is 0 Å². The molecule has 8 nitrogen and oxygen atoms in total. The highest BCUT2D eigenvalue weighted by atomic mass is 32.2. The summed E-state index contributed by atoms with van der Waals surface area (Å²) in [4.78, 5) is 2.76. The number of piperidine rings is 1. The van der Waals surface area contributed by atoms with E-state index in [1.807, 2.05) is 30.5 Å². The van der Waals surface area contributed by atoms with Crippen LogP contribution in [0.2, 0.25) is 0 Å². The smallest absolute Gasteiger partial charge is 0.240 e. The van der Waals surface area contributed by atoms with Crippen LogP contribution in [-0.4, -0.2) is 65.0 Å². The van der Waals surface area contributed by atoms with Crippen molar-refractivity contribution in [1.29, 1.82) is 0 Å². The highest BCUT2D eigenvalue weighted by molar-refractivity contribution is 7.89. The summed E-state index contributed by atoms with van der Waals surface area (Å²) in [5.41, 5.74) is 3.67. The summed E-state index contributed by atoms with van der Waals surface area (Å²) in [5.74, 6) is 0.502. The zero-order chi connectivity index (χ0) is 26.0. The summed E-state index contributed by atoms with van der Waals surface area (Å²) < 4.78 is 59.9. The third kappa shape index (κ3) is 6.09. The zero-order valence-electron chi connectivity index (χ0n) is 21.2. The molecule has 200 valence electrons. The average molecular weight is 546 g/mol. The number of furan rings is 1. The lowest BCUT2D eigenvalue weighted by atomic mass is 9.93. The highest BCUT2D eigenvalue weighted by Gasteiger charge is 2.28. The first-order chi connectivity index (χ1) is 17.7. The van der Waals surface area contributed by atoms with Gasteiger partial charge in [0.05, 0.1) is 17.4 Å². The van der Waals surface area contributed by atoms with E-state index in [1.54, 1.807) is 12.1 Å². The predicted molar refractivity (Wildman–Crippen MR) is 144 cm³/mol. The molecule has 0 saturated carbocycles. The van der Waals surface area contributed by atoms with Gasteiger partial charge in [0.2, 0.25) is 20.0 Å². The second kappa shape index (κ2) is 10.9. The van der Waals surface area contributed by atoms with Crippen LogP contribution in [0.5, 0.6) is 0 Å². The summed E-state index contributed by atoms with van der Waals surface area (Å²) in [6.07, 6.45) is 7.36. The van der Waals surface area contributed by atoms with Crippen molar-refractivity contribution in [2.75, 3.05) is 39.0 Å². The van der Waals surface area contributed by atoms with Gasteiger partial charge in [-0.1, -0.05) is 30.3 Å². The van der Waals surface area contributed by atoms with Crippen molar-refractivity contribution >= 4 is 31.0 Å². The number of fused-ring (bicyclic) bond motifs is 2. The Hall–Kier alpha value is -2.24. The molecule has 0 spiro atoms. The number of sulfonamides is 2. The van der Waals surface area contributed by atoms with Crippen LogP contribution in [0, 0.1) is 5.92 Å². The Bertz CT molecular complexity index is 1460. The Labute approximate surface area is 219 Å². The van der Waals surface area contributed by atoms with Crippen LogP contribution in [0.25, 0.3) is 11.0 Å². The van der Waals surface area contributed by atoms with E-state index in [4.69, 9.17) is 4.42 Å². The van der Waals surface area contributed by atoms with E-state index >= 15 is 0 Å². The second-order valence-corrected chi connectivity index (χ2v) is 13.9. The van der Waals surface area contributed by atoms with Crippen LogP contribution in [-0.2, 0) is 39.4 Å². The summed E-state index contributed by atoms with van der Waals surface area (Å²) in [7, 11) is -6.97. The van der Waals surface area contributed by atoms with E-state index in [9.17, 15) is 16.8 Å². The van der Waals surface area contributed by atoms with Crippen molar-refractivity contribution in [2.24, 2.45) is 5.92 Å². The first kappa shape index (κ1) is 26.4. The third-order valence-electron chi connectivity index (χ3n) is 7.76. The number of nitrogens with one attached hydrogen (secondary N) is 1. The molecule has 3 aromatic rings. The molecule has 0 bridgehead atoms. The van der Waals surface area contributed by atoms with Crippen LogP contribution < -0.4 is 4.72 Å². The lowest BCUT2D eigenvalue weighted by molar-refractivity contribution is 0.181. The van der Waals surface area contributed by atoms with Gasteiger partial charge in [-0.25, -0.2) is 21.6 Å². The van der Waals surface area contributed by atoms with E-state index < -0.39 is 20.0 Å². The highest BCUT2D eigenvalue weighted by Crippen LogP contribution is 2.28. The maximum atomic E-state index is 13.1. The fraction of sp³-hybridized carbons (Fsp3) is 0.481. The third-order valence-corrected chi connectivity index (χ3v) is 10.6. The summed E-state index contributed by atoms with van der Waals surface area (Å²) in [6, 6.07) is 13.3. The van der Waals surface area contributed by atoms with Crippen molar-refractivity contribution in [2.45, 2.75) is 43.5 Å². The van der Waals surface area contributed by atoms with E-state index in [0.717, 1.165) is 62.0 Å². The van der Waals surface area contributed by atoms with Gasteiger partial charge in [0.15, 0.2) is 0 Å². The van der Waals surface area contributed by atoms with Crippen LogP contribution >= 0.6 is 0 Å². The molecule has 5 rings (SSSR count). The van der Waals surface area contributed by atoms with E-state index in [1.165, 1.54) is 21.5 Å². The molecule has 0 atom stereocenters. The first-order valence-corrected chi connectivity index (χ1v) is 16.3. The van der Waals surface area contributed by atoms with Crippen LogP contribution in [0.1, 0.15) is 36.0 Å². The van der Waals surface area contributed by atoms with Gasteiger partial charge in [0.25, 0.3) is 0 Å². The molecule has 3 heterocycles. The monoisotopic (exact) mass is 545 g/mol. The standard InChI is InChI=1S/C27H35N3O5S2/c1-36(31,32)30-18-13-25-22(19-30)5-4-8-27(25)37(33,34)28-14-9-21-10-15-29(16-11-21)17-12-23-20-35-26-7-3-2-6-24(23)26/h2-8,20-21,28H,9-19H2,1H3. The Balaban J connectivity index is 1.09. The number of nitrogens with zero attached hydrogens (tertiary/aromatic N) is 2. The molecule has 1 saturated heterocycles. The quantitative estimate of drug-likeness (QED) is 0.443. The fourth-order valence-electron chi connectivity index (χ4n) is 5.56. The lowest BCUT2D eigenvalue weighted by Crippen LogP contribution is -2.37. The topological polar surface area (TPSA) is 99.9 Å². The van der Waals surface area contributed by atoms with Gasteiger partial charge in [-0.2, -0.15) is 4.31 Å². The molecule has 2 aliphatic heterocycles. The molecule has 1 N–H and O–H groups in total. The lowest BCUT2D eigenvalue weighted by Gasteiger charge is -2.32. The fourth-order valence-corrected chi connectivity index (χ4v) is 7.72. The predicted octanol–water partition coefficient (Wildman–Crippen LogP) is 3.37. The summed E-state index contributed by atoms with van der Waals surface area (Å²) >= 11 is 0. The van der Waals surface area contributed by atoms with E-state index in [2.05, 4.69) is 15.7 Å². The van der Waals surface area contributed by atoms with Gasteiger partial charge >= 0.3 is 0 Å². The number of para-hydroxylation sites is 1. The molecular formula is C27H35N3O5S2. The van der Waals surface area contributed by atoms with Gasteiger partial charge in [-0.15, -0.1) is 0 Å². The van der Waals surface area contributed by atoms with Gasteiger partial charge in [0, 0.05) is 31.6 Å². The normalized spacial score (nSPS) is 18.3. The molecule has 1 fully saturated rings. The van der Waals surface area contributed by atoms with Gasteiger partial charge < -0.3 is 9.32 Å². The van der Waals surface area contributed by atoms with Crippen LogP contribution in [0.4, 0.5) is 0 Å². The minimum Gasteiger partial charge on any atom is -0.464 e. The summed E-state index contributed by atoms with van der Waals surface area (Å²) in [6.45, 7) is 3.97. The number of rotatable bonds is 9. The maximum Gasteiger partial charge on any atom is 0.240 e. The molecule has 0 amide bonds. The number of hydrogen-bond donors (Lipinski definition) is 1. The Morgan fingerprint density at radius 3 is 2.57 bits per heavy atom. The van der Waals surface area contributed by atoms with Gasteiger partial charge in [-0.3, -0.25) is 0 Å². The van der Waals surface area contributed by atoms with Crippen molar-refractivity contribution < 1.29 is 21.3 Å². The molecule has 2 aliphatic rings.